The summed E-state index contributed by atoms with van der Waals surface area (Å²) in [5, 5.41) is 20.5. The van der Waals surface area contributed by atoms with Crippen molar-refractivity contribution in [3.63, 3.8) is 0 Å². The Kier molecular flexibility index (Phi) is 32.9. The first-order valence-corrected chi connectivity index (χ1v) is 22.5. The number of aryl methyl sites for hydroxylation is 4. The largest absolute Gasteiger partial charge is 0.389 e. The first kappa shape index (κ1) is 70.3. The van der Waals surface area contributed by atoms with Crippen molar-refractivity contribution in [2.75, 3.05) is 0 Å². The summed E-state index contributed by atoms with van der Waals surface area (Å²) in [5.74, 6) is -1.91. The van der Waals surface area contributed by atoms with Gasteiger partial charge in [-0.15, -0.1) is 36.4 Å². The third-order valence-electron chi connectivity index (χ3n) is 9.91. The Morgan fingerprint density at radius 1 is 0.603 bits per heavy atom. The SMILES string of the molecule is CCCc1ncn(-c2[c-]cccc2)n1.CCc1ccn(-c2[c-]cc(F)cc2F)n1.FCc1ccn(-c2[c-]cc(F)cc2F)n1.FCc1ccn(-c2[c-]ccnc2)n1.[C-]#[N+]Cc1nn(-c2[c-]ccc(C)c2)cc1C.[Ir].[Ir].[Ir].[Ir].[Rh]. The minimum Gasteiger partial charge on any atom is -0.389 e. The summed E-state index contributed by atoms with van der Waals surface area (Å²) in [6, 6.07) is 37.9. The van der Waals surface area contributed by atoms with E-state index in [-0.39, 0.29) is 117 Å². The molecule has 6 heterocycles. The Morgan fingerprint density at radius 2 is 1.18 bits per heavy atom. The smallest absolute Gasteiger partial charge is 0.258 e. The van der Waals surface area contributed by atoms with Crippen LogP contribution in [0.2, 0.25) is 0 Å². The molecule has 0 saturated heterocycles. The van der Waals surface area contributed by atoms with E-state index in [0.29, 0.717) is 17.9 Å². The number of aromatic nitrogens is 12. The van der Waals surface area contributed by atoms with E-state index in [4.69, 9.17) is 6.57 Å². The molecule has 10 aromatic rings. The molecule has 0 amide bonds. The summed E-state index contributed by atoms with van der Waals surface area (Å²) in [7, 11) is 0. The number of halogens is 6. The fraction of sp³-hybridized carbons (Fsp3) is 0.185. The number of alkyl halides is 2. The van der Waals surface area contributed by atoms with E-state index in [2.05, 4.69) is 77.6 Å². The predicted molar refractivity (Wildman–Crippen MR) is 260 cm³/mol. The van der Waals surface area contributed by atoms with Crippen molar-refractivity contribution in [1.82, 2.24) is 58.9 Å². The zero-order chi connectivity index (χ0) is 52.1. The molecule has 4 aromatic carbocycles. The number of hydrogen-bond donors (Lipinski definition) is 0. The van der Waals surface area contributed by atoms with Crippen molar-refractivity contribution in [1.29, 1.82) is 0 Å². The molecule has 0 aliphatic heterocycles. The number of hydrogen-bond acceptors (Lipinski definition) is 7. The van der Waals surface area contributed by atoms with Gasteiger partial charge in [-0.25, -0.2) is 25.0 Å². The average Bonchev–Trinajstić information content (AvgIpc) is 4.28. The fourth-order valence-corrected chi connectivity index (χ4v) is 6.29. The first-order valence-electron chi connectivity index (χ1n) is 22.5. The molecule has 0 atom stereocenters. The molecule has 24 heteroatoms. The van der Waals surface area contributed by atoms with Crippen LogP contribution in [0.5, 0.6) is 0 Å². The molecule has 0 aliphatic carbocycles. The van der Waals surface area contributed by atoms with Crippen molar-refractivity contribution in [2.24, 2.45) is 0 Å². The summed E-state index contributed by atoms with van der Waals surface area (Å²) in [6.45, 7) is 14.0. The molecule has 0 bridgehead atoms. The number of benzene rings is 4. The number of nitrogens with zero attached hydrogens (tertiary/aromatic N) is 13. The Hall–Kier alpha value is -5.70. The second-order valence-corrected chi connectivity index (χ2v) is 15.4. The monoisotopic (exact) mass is 1870 g/mol. The Labute approximate surface area is 515 Å². The third-order valence-corrected chi connectivity index (χ3v) is 9.91. The quantitative estimate of drug-likeness (QED) is 0.0719. The van der Waals surface area contributed by atoms with Crippen molar-refractivity contribution in [2.45, 2.75) is 66.9 Å². The van der Waals surface area contributed by atoms with Crippen LogP contribution in [0, 0.1) is 74.0 Å². The molecule has 0 fully saturated rings. The molecule has 6 aromatic heterocycles. The van der Waals surface area contributed by atoms with Crippen molar-refractivity contribution in [3.8, 4) is 28.4 Å². The molecule has 5 radical (unpaired) electrons. The molecule has 419 valence electrons. The minimum absolute atomic E-state index is 0. The number of pyridine rings is 1. The Morgan fingerprint density at radius 3 is 1.68 bits per heavy atom. The molecule has 10 rings (SSSR count). The molecule has 0 unspecified atom stereocenters. The van der Waals surface area contributed by atoms with E-state index in [1.165, 1.54) is 22.5 Å². The topological polar surface area (TPSA) is 119 Å². The summed E-state index contributed by atoms with van der Waals surface area (Å²) in [6.07, 6.45) is 14.4. The van der Waals surface area contributed by atoms with Gasteiger partial charge in [0.1, 0.15) is 25.4 Å². The van der Waals surface area contributed by atoms with Gasteiger partial charge < -0.3 is 9.83 Å². The normalized spacial score (nSPS) is 9.71. The van der Waals surface area contributed by atoms with Crippen LogP contribution in [0.3, 0.4) is 0 Å². The van der Waals surface area contributed by atoms with Crippen LogP contribution in [0.1, 0.15) is 60.0 Å². The van der Waals surface area contributed by atoms with Gasteiger partial charge in [0, 0.05) is 154 Å². The van der Waals surface area contributed by atoms with Crippen LogP contribution in [0.15, 0.2) is 135 Å². The van der Waals surface area contributed by atoms with Gasteiger partial charge >= 0.3 is 0 Å². The van der Waals surface area contributed by atoms with Gasteiger partial charge in [0.15, 0.2) is 5.82 Å². The maximum absolute atomic E-state index is 13.3. The van der Waals surface area contributed by atoms with Crippen molar-refractivity contribution >= 4 is 0 Å². The molecule has 0 N–H and O–H groups in total. The van der Waals surface area contributed by atoms with Crippen LogP contribution in [0.4, 0.5) is 26.3 Å². The summed E-state index contributed by atoms with van der Waals surface area (Å²) >= 11 is 0. The summed E-state index contributed by atoms with van der Waals surface area (Å²) < 4.78 is 83.6. The van der Waals surface area contributed by atoms with Crippen LogP contribution >= 0.6 is 0 Å². The third kappa shape index (κ3) is 21.2. The van der Waals surface area contributed by atoms with Crippen LogP contribution < -0.4 is 0 Å². The average molecular weight is 1860 g/mol. The standard InChI is InChI=1S/C13H12N3.C11H9F2N2.C11H12N3.C10H6F3N2.C9H7FN3.4Ir.Rh/c1-10-5-4-6-12(7-10)16-9-11(2)13(15-16)8-14-3;1-2-9-5-6-15(14-9)11-4-3-8(12)7-10(11)13;1-2-6-11-12-9-14(13-11)10-7-4-3-5-8-10;11-6-8-3-4-15(14-8)10-2-1-7(12)5-9(10)13;10-6-8-3-5-13(12-8)9-2-1-4-11-7-9;;;;;/h4-5,7,9H,8H2,1-2H3;3,5-7H,2H2,1H3;3-5,7,9H,2,6H2,1H3;1,3-5H,6H2;1,3-5,7H,6H2;;;;;/q5*-1;;;;;. The second-order valence-electron chi connectivity index (χ2n) is 15.4. The first-order chi connectivity index (χ1) is 35.4. The van der Waals surface area contributed by atoms with E-state index in [1.54, 1.807) is 63.4 Å². The van der Waals surface area contributed by atoms with Gasteiger partial charge in [-0.2, -0.15) is 97.8 Å². The van der Waals surface area contributed by atoms with Gasteiger partial charge in [0.25, 0.3) is 6.54 Å². The fourth-order valence-electron chi connectivity index (χ4n) is 6.29. The van der Waals surface area contributed by atoms with Crippen LogP contribution in [-0.4, -0.2) is 58.9 Å². The number of rotatable bonds is 11. The molecular formula is C54H46F6Ir4N13Rh-5. The van der Waals surface area contributed by atoms with E-state index < -0.39 is 36.6 Å². The van der Waals surface area contributed by atoms with E-state index in [1.807, 2.05) is 69.4 Å². The van der Waals surface area contributed by atoms with Crippen LogP contribution in [-0.2, 0) is 133 Å². The minimum atomic E-state index is -0.788. The van der Waals surface area contributed by atoms with Gasteiger partial charge in [0.2, 0.25) is 0 Å². The number of para-hydroxylation sites is 1. The van der Waals surface area contributed by atoms with Crippen molar-refractivity contribution < 1.29 is 126 Å². The molecule has 0 aliphatic rings. The Bertz CT molecular complexity index is 3240. The Balaban J connectivity index is 0.000000480. The van der Waals surface area contributed by atoms with Crippen molar-refractivity contribution in [3.05, 3.63) is 239 Å². The molecule has 0 saturated carbocycles. The maximum atomic E-state index is 13.3. The summed E-state index contributed by atoms with van der Waals surface area (Å²) in [4.78, 5) is 11.5. The zero-order valence-electron chi connectivity index (χ0n) is 41.7. The molecule has 13 nitrogen and oxygen atoms in total. The van der Waals surface area contributed by atoms with E-state index >= 15 is 0 Å². The van der Waals surface area contributed by atoms with Gasteiger partial charge in [-0.1, -0.05) is 33.2 Å². The van der Waals surface area contributed by atoms with Crippen LogP contribution in [0.25, 0.3) is 33.3 Å². The van der Waals surface area contributed by atoms with E-state index in [9.17, 15) is 26.3 Å². The van der Waals surface area contributed by atoms with E-state index in [0.717, 1.165) is 82.4 Å². The summed E-state index contributed by atoms with van der Waals surface area (Å²) in [5.41, 5.74) is 7.18. The van der Waals surface area contributed by atoms with Gasteiger partial charge in [-0.3, -0.25) is 36.3 Å². The molecule has 78 heavy (non-hydrogen) atoms. The zero-order valence-corrected chi connectivity index (χ0v) is 52.9. The van der Waals surface area contributed by atoms with Gasteiger partial charge in [0.05, 0.1) is 17.1 Å². The van der Waals surface area contributed by atoms with Gasteiger partial charge in [-0.05, 0) is 72.0 Å². The molecular weight excluding hydrogens is 1820 g/mol. The second kappa shape index (κ2) is 36.5. The predicted octanol–water partition coefficient (Wildman–Crippen LogP) is 11.2. The maximum Gasteiger partial charge on any atom is 0.258 e. The molecule has 0 spiro atoms.